The van der Waals surface area contributed by atoms with Gasteiger partial charge in [0.25, 0.3) is 0 Å². The lowest BCUT2D eigenvalue weighted by atomic mass is 10.1. The van der Waals surface area contributed by atoms with Crippen LogP contribution in [-0.4, -0.2) is 24.5 Å². The fourth-order valence-electron chi connectivity index (χ4n) is 1.89. The molecule has 0 fully saturated rings. The molecule has 2 aromatic rings. The zero-order chi connectivity index (χ0) is 16.3. The number of carboxylic acid groups (broad SMARTS) is 1. The third-order valence-electron chi connectivity index (χ3n) is 3.08. The third kappa shape index (κ3) is 3.70. The van der Waals surface area contributed by atoms with Crippen LogP contribution in [0.25, 0.3) is 0 Å². The first-order chi connectivity index (χ1) is 10.3. The molecule has 0 spiro atoms. The molecule has 0 amide bonds. The van der Waals surface area contributed by atoms with Gasteiger partial charge >= 0.3 is 5.97 Å². The van der Waals surface area contributed by atoms with E-state index in [0.717, 1.165) is 11.4 Å². The normalized spacial score (nSPS) is 11.5. The highest BCUT2D eigenvalue weighted by molar-refractivity contribution is 7.89. The second-order valence-corrected chi connectivity index (χ2v) is 7.40. The summed E-state index contributed by atoms with van der Waals surface area (Å²) in [5.74, 6) is -1.08. The summed E-state index contributed by atoms with van der Waals surface area (Å²) in [5.41, 5.74) is 1.16. The zero-order valence-corrected chi connectivity index (χ0v) is 13.8. The average molecular weight is 340 g/mol. The molecule has 0 saturated carbocycles. The molecular weight excluding hydrogens is 324 g/mol. The number of nitrogens with one attached hydrogen (secondary N) is 1. The number of aromatic nitrogens is 1. The highest BCUT2D eigenvalue weighted by Gasteiger charge is 2.17. The highest BCUT2D eigenvalue weighted by atomic mass is 32.2. The van der Waals surface area contributed by atoms with E-state index >= 15 is 0 Å². The Kier molecular flexibility index (Phi) is 4.94. The van der Waals surface area contributed by atoms with Gasteiger partial charge in [0, 0.05) is 5.38 Å². The maximum Gasteiger partial charge on any atom is 0.335 e. The molecule has 1 aromatic carbocycles. The summed E-state index contributed by atoms with van der Waals surface area (Å²) >= 11 is 1.49. The number of thiazole rings is 1. The zero-order valence-electron chi connectivity index (χ0n) is 12.2. The summed E-state index contributed by atoms with van der Waals surface area (Å²) in [7, 11) is -3.70. The summed E-state index contributed by atoms with van der Waals surface area (Å²) < 4.78 is 26.9. The number of carbonyl (C=O) groups is 1. The van der Waals surface area contributed by atoms with E-state index in [-0.39, 0.29) is 17.0 Å². The Morgan fingerprint density at radius 1 is 1.41 bits per heavy atom. The maximum absolute atomic E-state index is 12.2. The first-order valence-corrected chi connectivity index (χ1v) is 8.96. The summed E-state index contributed by atoms with van der Waals surface area (Å²) in [6, 6.07) is 3.94. The van der Waals surface area contributed by atoms with Crippen LogP contribution in [0.5, 0.6) is 0 Å². The number of hydrogen-bond acceptors (Lipinski definition) is 5. The summed E-state index contributed by atoms with van der Waals surface area (Å²) in [5, 5.41) is 11.7. The van der Waals surface area contributed by atoms with Crippen molar-refractivity contribution >= 4 is 27.3 Å². The Morgan fingerprint density at radius 3 is 2.68 bits per heavy atom. The van der Waals surface area contributed by atoms with Crippen molar-refractivity contribution in [1.29, 1.82) is 0 Å². The molecule has 1 heterocycles. The Hall–Kier alpha value is -1.77. The fraction of sp³-hybridized carbons (Fsp3) is 0.286. The van der Waals surface area contributed by atoms with Gasteiger partial charge in [0.1, 0.15) is 0 Å². The second-order valence-electron chi connectivity index (χ2n) is 4.69. The lowest BCUT2D eigenvalue weighted by Gasteiger charge is -2.08. The van der Waals surface area contributed by atoms with Crippen LogP contribution >= 0.6 is 11.3 Å². The molecule has 118 valence electrons. The molecule has 22 heavy (non-hydrogen) atoms. The van der Waals surface area contributed by atoms with Crippen LogP contribution in [0, 0.1) is 6.92 Å². The quantitative estimate of drug-likeness (QED) is 0.840. The largest absolute Gasteiger partial charge is 0.478 e. The van der Waals surface area contributed by atoms with Crippen molar-refractivity contribution in [1.82, 2.24) is 9.71 Å². The van der Waals surface area contributed by atoms with Crippen LogP contribution in [-0.2, 0) is 23.0 Å². The predicted octanol–water partition coefficient (Wildman–Crippen LogP) is 2.19. The third-order valence-corrected chi connectivity index (χ3v) is 5.52. The minimum Gasteiger partial charge on any atom is -0.478 e. The van der Waals surface area contributed by atoms with Crippen LogP contribution in [0.4, 0.5) is 0 Å². The molecule has 8 heteroatoms. The molecular formula is C14H16N2O4S2. The number of aromatic carboxylic acids is 1. The van der Waals surface area contributed by atoms with Crippen molar-refractivity contribution in [3.63, 3.8) is 0 Å². The predicted molar refractivity (Wildman–Crippen MR) is 83.7 cm³/mol. The molecule has 0 unspecified atom stereocenters. The number of nitrogens with zero attached hydrogens (tertiary/aromatic N) is 1. The lowest BCUT2D eigenvalue weighted by molar-refractivity contribution is 0.0696. The van der Waals surface area contributed by atoms with Crippen LogP contribution in [0.15, 0.2) is 28.5 Å². The number of rotatable bonds is 6. The number of benzene rings is 1. The standard InChI is InChI=1S/C14H16N2O4S2/c1-3-13-16-10(8-21-13)7-15-22(19,20)11-4-5-12(14(17)18)9(2)6-11/h4-6,8,15H,3,7H2,1-2H3,(H,17,18). The van der Waals surface area contributed by atoms with Crippen molar-refractivity contribution in [2.45, 2.75) is 31.7 Å². The van der Waals surface area contributed by atoms with Gasteiger partial charge in [-0.05, 0) is 37.1 Å². The van der Waals surface area contributed by atoms with Crippen molar-refractivity contribution in [2.75, 3.05) is 0 Å². The van der Waals surface area contributed by atoms with E-state index in [1.807, 2.05) is 12.3 Å². The minimum atomic E-state index is -3.70. The Morgan fingerprint density at radius 2 is 2.14 bits per heavy atom. The number of aryl methyl sites for hydroxylation is 2. The van der Waals surface area contributed by atoms with Crippen LogP contribution in [0.3, 0.4) is 0 Å². The molecule has 6 nitrogen and oxygen atoms in total. The Bertz CT molecular complexity index is 797. The molecule has 2 rings (SSSR count). The van der Waals surface area contributed by atoms with E-state index in [1.54, 1.807) is 6.92 Å². The topological polar surface area (TPSA) is 96.4 Å². The van der Waals surface area contributed by atoms with Gasteiger partial charge in [0.15, 0.2) is 0 Å². The molecule has 1 aromatic heterocycles. The summed E-state index contributed by atoms with van der Waals surface area (Å²) in [6.45, 7) is 3.66. The van der Waals surface area contributed by atoms with Crippen LogP contribution in [0.2, 0.25) is 0 Å². The molecule has 0 radical (unpaired) electrons. The van der Waals surface area contributed by atoms with E-state index in [2.05, 4.69) is 9.71 Å². The highest BCUT2D eigenvalue weighted by Crippen LogP contribution is 2.16. The van der Waals surface area contributed by atoms with Crippen LogP contribution < -0.4 is 4.72 Å². The van der Waals surface area contributed by atoms with E-state index in [1.165, 1.54) is 29.5 Å². The molecule has 0 saturated heterocycles. The van der Waals surface area contributed by atoms with E-state index < -0.39 is 16.0 Å². The lowest BCUT2D eigenvalue weighted by Crippen LogP contribution is -2.23. The fourth-order valence-corrected chi connectivity index (χ4v) is 3.72. The van der Waals surface area contributed by atoms with E-state index in [0.29, 0.717) is 11.3 Å². The number of sulfonamides is 1. The SMILES string of the molecule is CCc1nc(CNS(=O)(=O)c2ccc(C(=O)O)c(C)c2)cs1. The second kappa shape index (κ2) is 6.55. The van der Waals surface area contributed by atoms with Gasteiger partial charge in [-0.15, -0.1) is 11.3 Å². The maximum atomic E-state index is 12.2. The van der Waals surface area contributed by atoms with Crippen molar-refractivity contribution in [3.8, 4) is 0 Å². The minimum absolute atomic E-state index is 0.0425. The van der Waals surface area contributed by atoms with Gasteiger partial charge in [0.05, 0.1) is 27.7 Å². The number of carboxylic acids is 1. The van der Waals surface area contributed by atoms with Gasteiger partial charge < -0.3 is 5.11 Å². The Balaban J connectivity index is 2.16. The van der Waals surface area contributed by atoms with Gasteiger partial charge in [-0.25, -0.2) is 22.9 Å². The molecule has 0 atom stereocenters. The Labute approximate surface area is 132 Å². The van der Waals surface area contributed by atoms with E-state index in [9.17, 15) is 13.2 Å². The average Bonchev–Trinajstić information content (AvgIpc) is 2.93. The van der Waals surface area contributed by atoms with Gasteiger partial charge in [0.2, 0.25) is 10.0 Å². The molecule has 0 aliphatic heterocycles. The van der Waals surface area contributed by atoms with Crippen molar-refractivity contribution < 1.29 is 18.3 Å². The van der Waals surface area contributed by atoms with Crippen molar-refractivity contribution in [3.05, 3.63) is 45.4 Å². The van der Waals surface area contributed by atoms with Gasteiger partial charge in [-0.3, -0.25) is 0 Å². The number of hydrogen-bond donors (Lipinski definition) is 2. The van der Waals surface area contributed by atoms with E-state index in [4.69, 9.17) is 5.11 Å². The smallest absolute Gasteiger partial charge is 0.335 e. The van der Waals surface area contributed by atoms with Gasteiger partial charge in [-0.1, -0.05) is 6.92 Å². The monoisotopic (exact) mass is 340 g/mol. The van der Waals surface area contributed by atoms with Crippen molar-refractivity contribution in [2.24, 2.45) is 0 Å². The molecule has 0 aliphatic rings. The van der Waals surface area contributed by atoms with Gasteiger partial charge in [-0.2, -0.15) is 0 Å². The molecule has 0 bridgehead atoms. The summed E-state index contributed by atoms with van der Waals surface area (Å²) in [6.07, 6.45) is 0.813. The first kappa shape index (κ1) is 16.6. The summed E-state index contributed by atoms with van der Waals surface area (Å²) in [4.78, 5) is 15.3. The van der Waals surface area contributed by atoms with Crippen LogP contribution in [0.1, 0.15) is 33.5 Å². The molecule has 2 N–H and O–H groups in total. The first-order valence-electron chi connectivity index (χ1n) is 6.60. The molecule has 0 aliphatic carbocycles.